The van der Waals surface area contributed by atoms with Gasteiger partial charge in [0.2, 0.25) is 6.43 Å². The second kappa shape index (κ2) is 7.09. The van der Waals surface area contributed by atoms with Crippen molar-refractivity contribution in [2.45, 2.75) is 44.7 Å². The van der Waals surface area contributed by atoms with Crippen molar-refractivity contribution in [1.29, 1.82) is 0 Å². The van der Waals surface area contributed by atoms with Crippen molar-refractivity contribution < 1.29 is 26.7 Å². The van der Waals surface area contributed by atoms with Gasteiger partial charge in [0.25, 0.3) is 5.92 Å². The van der Waals surface area contributed by atoms with E-state index in [1.54, 1.807) is 0 Å². The van der Waals surface area contributed by atoms with Crippen LogP contribution < -0.4 is 0 Å². The van der Waals surface area contributed by atoms with E-state index >= 15 is 0 Å². The molecular weight excluding hydrogens is 251 g/mol. The highest BCUT2D eigenvalue weighted by Gasteiger charge is 2.35. The number of halogens is 5. The standard InChI is InChI=1S/C9H13F5OS/c1-6(15)16-3-2-7(10)4-9(13,14)5-8(11)12/h7-8H,2-5H2,1H3. The monoisotopic (exact) mass is 264 g/mol. The van der Waals surface area contributed by atoms with E-state index in [1.165, 1.54) is 6.92 Å². The molecule has 0 aliphatic rings. The smallest absolute Gasteiger partial charge is 0.256 e. The Labute approximate surface area is 94.8 Å². The fraction of sp³-hybridized carbons (Fsp3) is 0.889. The summed E-state index contributed by atoms with van der Waals surface area (Å²) in [5, 5.41) is -0.230. The van der Waals surface area contributed by atoms with Gasteiger partial charge in [0.1, 0.15) is 6.17 Å². The predicted molar refractivity (Wildman–Crippen MR) is 52.8 cm³/mol. The third kappa shape index (κ3) is 8.94. The minimum absolute atomic E-state index is 0.0846. The molecule has 16 heavy (non-hydrogen) atoms. The molecule has 0 aliphatic carbocycles. The highest BCUT2D eigenvalue weighted by Crippen LogP contribution is 2.30. The minimum atomic E-state index is -3.69. The summed E-state index contributed by atoms with van der Waals surface area (Å²) in [6.45, 7) is 1.28. The Bertz CT molecular complexity index is 222. The van der Waals surface area contributed by atoms with Gasteiger partial charge in [0.05, 0.1) is 6.42 Å². The summed E-state index contributed by atoms with van der Waals surface area (Å²) in [7, 11) is 0. The quantitative estimate of drug-likeness (QED) is 0.652. The van der Waals surface area contributed by atoms with E-state index in [0.29, 0.717) is 0 Å². The van der Waals surface area contributed by atoms with E-state index in [0.717, 1.165) is 11.8 Å². The third-order valence-electron chi connectivity index (χ3n) is 1.71. The summed E-state index contributed by atoms with van der Waals surface area (Å²) >= 11 is 0.828. The summed E-state index contributed by atoms with van der Waals surface area (Å²) in [4.78, 5) is 10.4. The van der Waals surface area contributed by atoms with Crippen molar-refractivity contribution in [3.63, 3.8) is 0 Å². The van der Waals surface area contributed by atoms with Crippen molar-refractivity contribution in [1.82, 2.24) is 0 Å². The minimum Gasteiger partial charge on any atom is -0.288 e. The van der Waals surface area contributed by atoms with Gasteiger partial charge >= 0.3 is 0 Å². The number of hydrogen-bond donors (Lipinski definition) is 0. The molecular formula is C9H13F5OS. The molecule has 0 spiro atoms. The Balaban J connectivity index is 3.84. The Morgan fingerprint density at radius 1 is 1.25 bits per heavy atom. The summed E-state index contributed by atoms with van der Waals surface area (Å²) in [6, 6.07) is 0. The van der Waals surface area contributed by atoms with E-state index in [4.69, 9.17) is 0 Å². The van der Waals surface area contributed by atoms with Crippen LogP contribution >= 0.6 is 11.8 Å². The Morgan fingerprint density at radius 3 is 2.25 bits per heavy atom. The van der Waals surface area contributed by atoms with Crippen molar-refractivity contribution in [3.8, 4) is 0 Å². The van der Waals surface area contributed by atoms with Crippen LogP contribution in [0.15, 0.2) is 0 Å². The number of carbonyl (C=O) groups excluding carboxylic acids is 1. The first kappa shape index (κ1) is 15.7. The number of thioether (sulfide) groups is 1. The Hall–Kier alpha value is -0.330. The predicted octanol–water partition coefficient (Wildman–Crippen LogP) is 3.67. The van der Waals surface area contributed by atoms with Crippen LogP contribution in [-0.4, -0.2) is 29.4 Å². The molecule has 0 aromatic heterocycles. The molecule has 0 aromatic carbocycles. The van der Waals surface area contributed by atoms with E-state index in [1.807, 2.05) is 0 Å². The highest BCUT2D eigenvalue weighted by atomic mass is 32.2. The number of rotatable bonds is 7. The molecule has 0 aliphatic heterocycles. The zero-order chi connectivity index (χ0) is 12.8. The normalized spacial score (nSPS) is 14.2. The van der Waals surface area contributed by atoms with Crippen LogP contribution in [0.4, 0.5) is 22.0 Å². The summed E-state index contributed by atoms with van der Waals surface area (Å²) in [6.07, 6.45) is -8.07. The van der Waals surface area contributed by atoms with Gasteiger partial charge in [-0.25, -0.2) is 22.0 Å². The lowest BCUT2D eigenvalue weighted by atomic mass is 10.1. The molecule has 1 unspecified atom stereocenters. The average molecular weight is 264 g/mol. The van der Waals surface area contributed by atoms with Crippen molar-refractivity contribution >= 4 is 16.9 Å². The molecule has 0 saturated heterocycles. The number of carbonyl (C=O) groups is 1. The lowest BCUT2D eigenvalue weighted by Gasteiger charge is -2.17. The number of alkyl halides is 5. The molecule has 0 saturated carbocycles. The molecule has 0 amide bonds. The van der Waals surface area contributed by atoms with Gasteiger partial charge in [-0.3, -0.25) is 4.79 Å². The van der Waals surface area contributed by atoms with Gasteiger partial charge in [0, 0.05) is 19.1 Å². The van der Waals surface area contributed by atoms with Crippen LogP contribution in [0.5, 0.6) is 0 Å². The Kier molecular flexibility index (Phi) is 6.94. The first-order valence-electron chi connectivity index (χ1n) is 4.66. The van der Waals surface area contributed by atoms with Crippen LogP contribution in [0, 0.1) is 0 Å². The van der Waals surface area contributed by atoms with Gasteiger partial charge < -0.3 is 0 Å². The maximum absolute atomic E-state index is 12.9. The first-order chi connectivity index (χ1) is 7.23. The van der Waals surface area contributed by atoms with Gasteiger partial charge in [-0.1, -0.05) is 11.8 Å². The van der Waals surface area contributed by atoms with Gasteiger partial charge in [-0.15, -0.1) is 0 Å². The topological polar surface area (TPSA) is 17.1 Å². The van der Waals surface area contributed by atoms with Crippen LogP contribution in [-0.2, 0) is 4.79 Å². The molecule has 96 valence electrons. The fourth-order valence-electron chi connectivity index (χ4n) is 1.07. The lowest BCUT2D eigenvalue weighted by Crippen LogP contribution is -2.25. The molecule has 7 heteroatoms. The summed E-state index contributed by atoms with van der Waals surface area (Å²) in [5.74, 6) is -3.60. The molecule has 0 aromatic rings. The van der Waals surface area contributed by atoms with Crippen molar-refractivity contribution in [2.24, 2.45) is 0 Å². The highest BCUT2D eigenvalue weighted by molar-refractivity contribution is 8.13. The zero-order valence-electron chi connectivity index (χ0n) is 8.69. The van der Waals surface area contributed by atoms with Crippen LogP contribution in [0.2, 0.25) is 0 Å². The SMILES string of the molecule is CC(=O)SCCC(F)CC(F)(F)CC(F)F. The summed E-state index contributed by atoms with van der Waals surface area (Å²) < 4.78 is 61.8. The van der Waals surface area contributed by atoms with Crippen molar-refractivity contribution in [3.05, 3.63) is 0 Å². The summed E-state index contributed by atoms with van der Waals surface area (Å²) in [5.41, 5.74) is 0. The molecule has 0 heterocycles. The van der Waals surface area contributed by atoms with Gasteiger partial charge in [-0.05, 0) is 6.42 Å². The molecule has 1 nitrogen and oxygen atoms in total. The maximum Gasteiger partial charge on any atom is 0.256 e. The van der Waals surface area contributed by atoms with Crippen LogP contribution in [0.3, 0.4) is 0 Å². The molecule has 0 rings (SSSR count). The molecule has 1 atom stereocenters. The van der Waals surface area contributed by atoms with Crippen molar-refractivity contribution in [2.75, 3.05) is 5.75 Å². The van der Waals surface area contributed by atoms with E-state index < -0.39 is 31.4 Å². The van der Waals surface area contributed by atoms with Gasteiger partial charge in [0.15, 0.2) is 5.12 Å². The largest absolute Gasteiger partial charge is 0.288 e. The van der Waals surface area contributed by atoms with Crippen LogP contribution in [0.1, 0.15) is 26.2 Å². The molecule has 0 bridgehead atoms. The van der Waals surface area contributed by atoms with Crippen LogP contribution in [0.25, 0.3) is 0 Å². The maximum atomic E-state index is 12.9. The van der Waals surface area contributed by atoms with E-state index in [-0.39, 0.29) is 17.3 Å². The molecule has 0 radical (unpaired) electrons. The fourth-order valence-corrected chi connectivity index (χ4v) is 1.73. The van der Waals surface area contributed by atoms with Gasteiger partial charge in [-0.2, -0.15) is 0 Å². The molecule has 0 fully saturated rings. The first-order valence-corrected chi connectivity index (χ1v) is 5.65. The second-order valence-corrected chi connectivity index (χ2v) is 4.65. The second-order valence-electron chi connectivity index (χ2n) is 3.38. The molecule has 0 N–H and O–H groups in total. The lowest BCUT2D eigenvalue weighted by molar-refractivity contribution is -0.109. The Morgan fingerprint density at radius 2 is 1.81 bits per heavy atom. The average Bonchev–Trinajstić information content (AvgIpc) is 1.98. The van der Waals surface area contributed by atoms with E-state index in [9.17, 15) is 26.7 Å². The van der Waals surface area contributed by atoms with E-state index in [2.05, 4.69) is 0 Å². The zero-order valence-corrected chi connectivity index (χ0v) is 9.51. The number of hydrogen-bond acceptors (Lipinski definition) is 2. The third-order valence-corrected chi connectivity index (χ3v) is 2.56.